The molecule has 6 N–H and O–H groups in total. The highest BCUT2D eigenvalue weighted by Crippen LogP contribution is 2.37. The fourth-order valence-electron chi connectivity index (χ4n) is 4.82. The zero-order chi connectivity index (χ0) is 27.8. The summed E-state index contributed by atoms with van der Waals surface area (Å²) in [6, 6.07) is 15.0. The number of imidazole rings is 1. The molecular weight excluding hydrogens is 508 g/mol. The molecule has 11 nitrogen and oxygen atoms in total. The Hall–Kier alpha value is -5.16. The van der Waals surface area contributed by atoms with E-state index < -0.39 is 0 Å². The van der Waals surface area contributed by atoms with Crippen LogP contribution in [-0.2, 0) is 6.54 Å². The van der Waals surface area contributed by atoms with E-state index in [0.29, 0.717) is 41.3 Å². The van der Waals surface area contributed by atoms with Crippen molar-refractivity contribution in [2.75, 3.05) is 32.3 Å². The molecule has 6 aromatic rings. The molecule has 11 heteroatoms. The number of anilines is 2. The smallest absolute Gasteiger partial charge is 0.201 e. The third-order valence-corrected chi connectivity index (χ3v) is 6.79. The number of benzene rings is 2. The van der Waals surface area contributed by atoms with Gasteiger partial charge < -0.3 is 36.0 Å². The van der Waals surface area contributed by atoms with Crippen LogP contribution in [0.2, 0.25) is 0 Å². The van der Waals surface area contributed by atoms with Crippen LogP contribution in [0.15, 0.2) is 67.1 Å². The predicted octanol–water partition coefficient (Wildman–Crippen LogP) is 3.78. The molecule has 2 aromatic carbocycles. The first-order valence-electron chi connectivity index (χ1n) is 12.6. The lowest BCUT2D eigenvalue weighted by atomic mass is 10.0. The summed E-state index contributed by atoms with van der Waals surface area (Å²) < 4.78 is 18.9. The van der Waals surface area contributed by atoms with Gasteiger partial charge >= 0.3 is 0 Å². The second-order valence-corrected chi connectivity index (χ2v) is 9.39. The lowest BCUT2D eigenvalue weighted by Crippen LogP contribution is -2.33. The molecule has 1 atom stereocenters. The molecule has 6 rings (SSSR count). The summed E-state index contributed by atoms with van der Waals surface area (Å²) in [7, 11) is 3.19. The maximum atomic E-state index is 6.40. The van der Waals surface area contributed by atoms with E-state index in [1.54, 1.807) is 32.8 Å². The fraction of sp³-hybridized carbons (Fsp3) is 0.172. The van der Waals surface area contributed by atoms with Gasteiger partial charge in [-0.25, -0.2) is 9.97 Å². The number of nitrogens with zero attached hydrogens (tertiary/aromatic N) is 5. The molecule has 0 saturated heterocycles. The second kappa shape index (κ2) is 10.2. The van der Waals surface area contributed by atoms with Crippen molar-refractivity contribution in [3.05, 3.63) is 67.1 Å². The van der Waals surface area contributed by atoms with E-state index in [9.17, 15) is 0 Å². The number of nitrogen functional groups attached to an aromatic ring is 2. The van der Waals surface area contributed by atoms with Gasteiger partial charge in [-0.2, -0.15) is 0 Å². The lowest BCUT2D eigenvalue weighted by Gasteiger charge is -2.16. The van der Waals surface area contributed by atoms with E-state index in [0.717, 1.165) is 38.3 Å². The van der Waals surface area contributed by atoms with Gasteiger partial charge in [-0.3, -0.25) is 9.97 Å². The van der Waals surface area contributed by atoms with Gasteiger partial charge in [0.25, 0.3) is 0 Å². The Morgan fingerprint density at radius 2 is 1.65 bits per heavy atom. The van der Waals surface area contributed by atoms with Gasteiger partial charge in [0.05, 0.1) is 48.7 Å². The topological polar surface area (TPSA) is 162 Å². The van der Waals surface area contributed by atoms with Crippen LogP contribution in [0.5, 0.6) is 17.2 Å². The minimum atomic E-state index is -0.330. The number of pyridine rings is 3. The number of fused-ring (bicyclic) bond motifs is 4. The second-order valence-electron chi connectivity index (χ2n) is 9.39. The van der Waals surface area contributed by atoms with Gasteiger partial charge in [0.1, 0.15) is 18.2 Å². The highest BCUT2D eigenvalue weighted by Gasteiger charge is 2.15. The Balaban J connectivity index is 1.27. The molecule has 0 fully saturated rings. The van der Waals surface area contributed by atoms with Crippen molar-refractivity contribution < 1.29 is 14.2 Å². The van der Waals surface area contributed by atoms with Gasteiger partial charge in [-0.1, -0.05) is 12.1 Å². The van der Waals surface area contributed by atoms with Crippen LogP contribution in [0, 0.1) is 0 Å². The van der Waals surface area contributed by atoms with Crippen molar-refractivity contribution in [3.63, 3.8) is 0 Å². The van der Waals surface area contributed by atoms with Gasteiger partial charge in [0.15, 0.2) is 11.5 Å². The number of methoxy groups -OCH3 is 2. The summed E-state index contributed by atoms with van der Waals surface area (Å²) in [4.78, 5) is 17.9. The highest BCUT2D eigenvalue weighted by molar-refractivity contribution is 6.10. The summed E-state index contributed by atoms with van der Waals surface area (Å²) in [5.74, 6) is 2.53. The lowest BCUT2D eigenvalue weighted by molar-refractivity contribution is 0.276. The number of aromatic nitrogens is 5. The Morgan fingerprint density at radius 1 is 0.850 bits per heavy atom. The van der Waals surface area contributed by atoms with Crippen LogP contribution in [0.3, 0.4) is 0 Å². The molecule has 202 valence electrons. The average molecular weight is 537 g/mol. The van der Waals surface area contributed by atoms with Crippen LogP contribution in [0.25, 0.3) is 44.0 Å². The average Bonchev–Trinajstić information content (AvgIpc) is 3.29. The van der Waals surface area contributed by atoms with Crippen molar-refractivity contribution in [2.24, 2.45) is 5.73 Å². The van der Waals surface area contributed by atoms with Crippen LogP contribution in [0.4, 0.5) is 11.8 Å². The molecule has 0 spiro atoms. The Morgan fingerprint density at radius 3 is 2.48 bits per heavy atom. The molecule has 0 bridgehead atoms. The Kier molecular flexibility index (Phi) is 6.40. The Labute approximate surface area is 229 Å². The number of rotatable bonds is 8. The third-order valence-electron chi connectivity index (χ3n) is 6.79. The molecule has 0 amide bonds. The third kappa shape index (κ3) is 4.52. The first-order chi connectivity index (χ1) is 19.4. The van der Waals surface area contributed by atoms with Crippen LogP contribution in [0.1, 0.15) is 0 Å². The summed E-state index contributed by atoms with van der Waals surface area (Å²) in [6.07, 6.45) is 5.06. The van der Waals surface area contributed by atoms with E-state index in [-0.39, 0.29) is 12.6 Å². The zero-order valence-electron chi connectivity index (χ0n) is 22.0. The summed E-state index contributed by atoms with van der Waals surface area (Å²) >= 11 is 0. The summed E-state index contributed by atoms with van der Waals surface area (Å²) in [5, 5.41) is 2.48. The minimum Gasteiger partial charge on any atom is -0.493 e. The first kappa shape index (κ1) is 25.1. The molecule has 4 aromatic heterocycles. The molecule has 0 radical (unpaired) electrons. The van der Waals surface area contributed by atoms with E-state index in [4.69, 9.17) is 31.4 Å². The maximum Gasteiger partial charge on any atom is 0.201 e. The minimum absolute atomic E-state index is 0.252. The number of hydrogen-bond donors (Lipinski definition) is 3. The van der Waals surface area contributed by atoms with Gasteiger partial charge in [-0.15, -0.1) is 0 Å². The fourth-order valence-corrected chi connectivity index (χ4v) is 4.82. The molecule has 0 aliphatic heterocycles. The standard InChI is InChI=1S/C29H28N8O3/c1-38-26-9-20-19-8-23(35-28(31)21(19)13-34-24(20)10-27(26)39-2)16-7-18(12-33-11-16)40-15-17(30)14-37-25-6-4-3-5-22(25)36-29(37)32/h3-13,17H,14-15,30H2,1-2H3,(H2,31,35)(H2,32,36)/t17-/m1/s1. The highest BCUT2D eigenvalue weighted by atomic mass is 16.5. The molecule has 0 aliphatic rings. The van der Waals surface area contributed by atoms with Gasteiger partial charge in [0.2, 0.25) is 5.95 Å². The van der Waals surface area contributed by atoms with Crippen LogP contribution in [-0.4, -0.2) is 51.4 Å². The molecular formula is C29H28N8O3. The number of para-hydroxylation sites is 2. The van der Waals surface area contributed by atoms with E-state index in [1.165, 1.54) is 0 Å². The molecule has 0 saturated carbocycles. The van der Waals surface area contributed by atoms with Crippen molar-refractivity contribution in [2.45, 2.75) is 12.6 Å². The normalized spacial score (nSPS) is 12.2. The largest absolute Gasteiger partial charge is 0.493 e. The number of hydrogen-bond acceptors (Lipinski definition) is 10. The van der Waals surface area contributed by atoms with Crippen molar-refractivity contribution in [1.29, 1.82) is 0 Å². The predicted molar refractivity (Wildman–Crippen MR) is 155 cm³/mol. The number of nitrogens with two attached hydrogens (primary N) is 3. The van der Waals surface area contributed by atoms with E-state index in [2.05, 4.69) is 19.9 Å². The SMILES string of the molecule is COc1cc2ncc3c(N)nc(-c4cncc(OC[C@H](N)Cn5c(N)nc6ccccc65)c4)cc3c2cc1OC. The maximum absolute atomic E-state index is 6.40. The molecule has 40 heavy (non-hydrogen) atoms. The van der Waals surface area contributed by atoms with Gasteiger partial charge in [-0.05, 0) is 35.7 Å². The quantitative estimate of drug-likeness (QED) is 0.244. The molecule has 4 heterocycles. The Bertz CT molecular complexity index is 1870. The monoisotopic (exact) mass is 536 g/mol. The first-order valence-corrected chi connectivity index (χ1v) is 12.6. The van der Waals surface area contributed by atoms with E-state index in [1.807, 2.05) is 53.1 Å². The van der Waals surface area contributed by atoms with Crippen molar-refractivity contribution >= 4 is 44.5 Å². The van der Waals surface area contributed by atoms with Crippen LogP contribution >= 0.6 is 0 Å². The number of ether oxygens (including phenoxy) is 3. The molecule has 0 aliphatic carbocycles. The summed E-state index contributed by atoms with van der Waals surface area (Å²) in [6.45, 7) is 0.708. The van der Waals surface area contributed by atoms with Crippen molar-refractivity contribution in [3.8, 4) is 28.5 Å². The summed E-state index contributed by atoms with van der Waals surface area (Å²) in [5.41, 5.74) is 22.8. The van der Waals surface area contributed by atoms with Crippen LogP contribution < -0.4 is 31.4 Å². The molecule has 0 unspecified atom stereocenters. The van der Waals surface area contributed by atoms with E-state index >= 15 is 0 Å². The van der Waals surface area contributed by atoms with Crippen molar-refractivity contribution in [1.82, 2.24) is 24.5 Å². The van der Waals surface area contributed by atoms with Gasteiger partial charge in [0, 0.05) is 41.3 Å². The zero-order valence-corrected chi connectivity index (χ0v) is 22.0.